The Balaban J connectivity index is 2.51. The lowest BCUT2D eigenvalue weighted by Crippen LogP contribution is -2.45. The Labute approximate surface area is 120 Å². The smallest absolute Gasteiger partial charge is 0.235 e. The van der Waals surface area contributed by atoms with Gasteiger partial charge in [0.25, 0.3) is 0 Å². The van der Waals surface area contributed by atoms with Crippen molar-refractivity contribution in [2.75, 3.05) is 11.9 Å². The van der Waals surface area contributed by atoms with Crippen molar-refractivity contribution in [3.63, 3.8) is 0 Å². The Morgan fingerprint density at radius 1 is 1.45 bits per heavy atom. The maximum absolute atomic E-state index is 10.5. The van der Waals surface area contributed by atoms with Crippen LogP contribution in [0.1, 0.15) is 49.8 Å². The standard InChI is InChI=1S/C16H22N2O2/c1-11-8-15-14(9-13(11)6-7-18(19)20)12(2)10-16(3,4)17(15)5/h6-9,12H,10H2,1-5H3/b7-6-/t12-/m0/s1. The summed E-state index contributed by atoms with van der Waals surface area (Å²) >= 11 is 0. The van der Waals surface area contributed by atoms with Crippen LogP contribution in [0.4, 0.5) is 5.69 Å². The van der Waals surface area contributed by atoms with E-state index in [4.69, 9.17) is 0 Å². The third kappa shape index (κ3) is 2.55. The minimum absolute atomic E-state index is 0.136. The monoisotopic (exact) mass is 274 g/mol. The van der Waals surface area contributed by atoms with Crippen LogP contribution in [0.3, 0.4) is 0 Å². The number of hydrogen-bond donors (Lipinski definition) is 0. The molecule has 2 rings (SSSR count). The zero-order valence-electron chi connectivity index (χ0n) is 12.8. The first kappa shape index (κ1) is 14.6. The van der Waals surface area contributed by atoms with Crippen LogP contribution in [0.25, 0.3) is 6.08 Å². The summed E-state index contributed by atoms with van der Waals surface area (Å²) in [5.74, 6) is 0.458. The fraction of sp³-hybridized carbons (Fsp3) is 0.500. The molecule has 4 nitrogen and oxygen atoms in total. The molecule has 1 atom stereocenters. The van der Waals surface area contributed by atoms with Crippen LogP contribution in [0.15, 0.2) is 18.3 Å². The molecule has 0 saturated heterocycles. The zero-order valence-corrected chi connectivity index (χ0v) is 12.8. The first-order chi connectivity index (χ1) is 9.22. The van der Waals surface area contributed by atoms with Gasteiger partial charge in [0.05, 0.1) is 4.92 Å². The average Bonchev–Trinajstić information content (AvgIpc) is 2.33. The zero-order chi connectivity index (χ0) is 15.1. The van der Waals surface area contributed by atoms with Crippen molar-refractivity contribution >= 4 is 11.8 Å². The number of anilines is 1. The predicted molar refractivity (Wildman–Crippen MR) is 82.7 cm³/mol. The van der Waals surface area contributed by atoms with Gasteiger partial charge in [0.1, 0.15) is 0 Å². The lowest BCUT2D eigenvalue weighted by atomic mass is 9.79. The second-order valence-electron chi connectivity index (χ2n) is 6.35. The van der Waals surface area contributed by atoms with E-state index in [9.17, 15) is 10.1 Å². The van der Waals surface area contributed by atoms with Crippen LogP contribution >= 0.6 is 0 Å². The number of rotatable bonds is 2. The lowest BCUT2D eigenvalue weighted by Gasteiger charge is -2.45. The van der Waals surface area contributed by atoms with Gasteiger partial charge < -0.3 is 4.90 Å². The molecule has 20 heavy (non-hydrogen) atoms. The van der Waals surface area contributed by atoms with Crippen LogP contribution in [-0.4, -0.2) is 17.5 Å². The van der Waals surface area contributed by atoms with Crippen molar-refractivity contribution in [2.45, 2.75) is 45.6 Å². The second kappa shape index (κ2) is 4.93. The highest BCUT2D eigenvalue weighted by molar-refractivity contribution is 5.66. The van der Waals surface area contributed by atoms with E-state index in [1.165, 1.54) is 11.3 Å². The number of hydrogen-bond acceptors (Lipinski definition) is 3. The molecule has 4 heteroatoms. The van der Waals surface area contributed by atoms with E-state index >= 15 is 0 Å². The Bertz CT molecular complexity index is 576. The van der Waals surface area contributed by atoms with Crippen molar-refractivity contribution in [3.05, 3.63) is 45.1 Å². The summed E-state index contributed by atoms with van der Waals surface area (Å²) in [6.45, 7) is 8.73. The number of aryl methyl sites for hydroxylation is 1. The Morgan fingerprint density at radius 3 is 2.70 bits per heavy atom. The van der Waals surface area contributed by atoms with E-state index in [0.717, 1.165) is 23.7 Å². The van der Waals surface area contributed by atoms with Gasteiger partial charge in [0, 0.05) is 24.4 Å². The molecular formula is C16H22N2O2. The fourth-order valence-corrected chi connectivity index (χ4v) is 3.06. The van der Waals surface area contributed by atoms with Crippen LogP contribution in [0.2, 0.25) is 0 Å². The minimum Gasteiger partial charge on any atom is -0.369 e. The molecule has 0 spiro atoms. The molecular weight excluding hydrogens is 252 g/mol. The summed E-state index contributed by atoms with van der Waals surface area (Å²) in [4.78, 5) is 12.4. The average molecular weight is 274 g/mol. The summed E-state index contributed by atoms with van der Waals surface area (Å²) in [5.41, 5.74) is 4.65. The number of benzene rings is 1. The van der Waals surface area contributed by atoms with Crippen molar-refractivity contribution in [1.29, 1.82) is 0 Å². The molecule has 1 aliphatic heterocycles. The molecule has 108 valence electrons. The maximum atomic E-state index is 10.5. The van der Waals surface area contributed by atoms with Crippen molar-refractivity contribution in [2.24, 2.45) is 0 Å². The Morgan fingerprint density at radius 2 is 2.10 bits per heavy atom. The molecule has 0 radical (unpaired) electrons. The van der Waals surface area contributed by atoms with E-state index < -0.39 is 4.92 Å². The fourth-order valence-electron chi connectivity index (χ4n) is 3.06. The summed E-state index contributed by atoms with van der Waals surface area (Å²) in [5, 5.41) is 10.5. The van der Waals surface area contributed by atoms with E-state index in [1.807, 2.05) is 6.92 Å². The lowest BCUT2D eigenvalue weighted by molar-refractivity contribution is -0.400. The van der Waals surface area contributed by atoms with Crippen LogP contribution in [-0.2, 0) is 0 Å². The van der Waals surface area contributed by atoms with Crippen molar-refractivity contribution in [3.8, 4) is 0 Å². The number of nitrogens with zero attached hydrogens (tertiary/aromatic N) is 2. The summed E-state index contributed by atoms with van der Waals surface area (Å²) < 4.78 is 0. The van der Waals surface area contributed by atoms with Gasteiger partial charge in [-0.3, -0.25) is 10.1 Å². The van der Waals surface area contributed by atoms with Crippen molar-refractivity contribution < 1.29 is 4.92 Å². The molecule has 0 fully saturated rings. The first-order valence-electron chi connectivity index (χ1n) is 6.92. The molecule has 0 N–H and O–H groups in total. The molecule has 0 saturated carbocycles. The first-order valence-corrected chi connectivity index (χ1v) is 6.92. The molecule has 1 heterocycles. The van der Waals surface area contributed by atoms with Gasteiger partial charge in [-0.25, -0.2) is 0 Å². The quantitative estimate of drug-likeness (QED) is 0.605. The van der Waals surface area contributed by atoms with E-state index in [0.29, 0.717) is 5.92 Å². The van der Waals surface area contributed by atoms with Gasteiger partial charge >= 0.3 is 0 Å². The van der Waals surface area contributed by atoms with E-state index in [2.05, 4.69) is 44.9 Å². The van der Waals surface area contributed by atoms with Gasteiger partial charge in [-0.1, -0.05) is 6.92 Å². The molecule has 0 amide bonds. The summed E-state index contributed by atoms with van der Waals surface area (Å²) in [6.07, 6.45) is 3.68. The second-order valence-corrected chi connectivity index (χ2v) is 6.35. The third-order valence-electron chi connectivity index (χ3n) is 4.40. The van der Waals surface area contributed by atoms with Crippen molar-refractivity contribution in [1.82, 2.24) is 0 Å². The molecule has 0 aliphatic carbocycles. The van der Waals surface area contributed by atoms with Crippen LogP contribution in [0.5, 0.6) is 0 Å². The summed E-state index contributed by atoms with van der Waals surface area (Å²) in [7, 11) is 2.12. The Hall–Kier alpha value is -1.84. The molecule has 0 unspecified atom stereocenters. The van der Waals surface area contributed by atoms with E-state index in [1.54, 1.807) is 6.08 Å². The number of fused-ring (bicyclic) bond motifs is 1. The highest BCUT2D eigenvalue weighted by Crippen LogP contribution is 2.43. The van der Waals surface area contributed by atoms with Gasteiger partial charge in [-0.15, -0.1) is 0 Å². The Kier molecular flexibility index (Phi) is 3.59. The van der Waals surface area contributed by atoms with Gasteiger partial charge in [-0.05, 0) is 61.9 Å². The molecule has 1 aliphatic rings. The molecule has 0 aromatic heterocycles. The molecule has 1 aromatic rings. The van der Waals surface area contributed by atoms with Crippen LogP contribution < -0.4 is 4.90 Å². The predicted octanol–water partition coefficient (Wildman–Crippen LogP) is 3.96. The summed E-state index contributed by atoms with van der Waals surface area (Å²) in [6, 6.07) is 4.24. The highest BCUT2D eigenvalue weighted by Gasteiger charge is 2.34. The topological polar surface area (TPSA) is 46.4 Å². The number of nitro groups is 1. The third-order valence-corrected chi connectivity index (χ3v) is 4.40. The van der Waals surface area contributed by atoms with Gasteiger partial charge in [0.15, 0.2) is 0 Å². The molecule has 0 bridgehead atoms. The minimum atomic E-state index is -0.419. The molecule has 1 aromatic carbocycles. The normalized spacial score (nSPS) is 21.1. The highest BCUT2D eigenvalue weighted by atomic mass is 16.6. The van der Waals surface area contributed by atoms with Gasteiger partial charge in [0.2, 0.25) is 6.20 Å². The van der Waals surface area contributed by atoms with Gasteiger partial charge in [-0.2, -0.15) is 0 Å². The van der Waals surface area contributed by atoms with E-state index in [-0.39, 0.29) is 5.54 Å². The van der Waals surface area contributed by atoms with Crippen LogP contribution in [0, 0.1) is 17.0 Å². The SMILES string of the molecule is Cc1cc2c(cc1/C=C\[N+](=O)[O-])[C@@H](C)CC(C)(C)N2C. The maximum Gasteiger partial charge on any atom is 0.235 e. The largest absolute Gasteiger partial charge is 0.369 e.